The fourth-order valence-electron chi connectivity index (χ4n) is 1.52. The van der Waals surface area contributed by atoms with Crippen molar-refractivity contribution in [2.75, 3.05) is 7.05 Å². The Kier molecular flexibility index (Phi) is 2.49. The topological polar surface area (TPSA) is 12.4 Å². The van der Waals surface area contributed by atoms with Gasteiger partial charge in [0.15, 0.2) is 0 Å². The molecule has 1 saturated carbocycles. The molecular weight excluding hydrogens is 226 g/mol. The van der Waals surface area contributed by atoms with E-state index in [1.54, 1.807) is 0 Å². The van der Waals surface area contributed by atoms with Gasteiger partial charge in [0.1, 0.15) is 0 Å². The van der Waals surface area contributed by atoms with Crippen LogP contribution in [0.1, 0.15) is 18.4 Å². The highest BCUT2D eigenvalue weighted by Crippen LogP contribution is 2.33. The number of rotatable bonds is 2. The molecule has 0 saturated heterocycles. The first-order valence-electron chi connectivity index (χ1n) is 4.54. The highest BCUT2D eigenvalue weighted by molar-refractivity contribution is 9.10. The van der Waals surface area contributed by atoms with E-state index in [-0.39, 0.29) is 0 Å². The molecule has 0 N–H and O–H groups in total. The second-order valence-electron chi connectivity index (χ2n) is 3.39. The molecule has 0 amide bonds. The summed E-state index contributed by atoms with van der Waals surface area (Å²) < 4.78 is 1.13. The lowest BCUT2D eigenvalue weighted by molar-refractivity contribution is 1.17. The molecule has 13 heavy (non-hydrogen) atoms. The molecule has 0 spiro atoms. The van der Waals surface area contributed by atoms with Gasteiger partial charge in [-0.15, -0.1) is 0 Å². The zero-order chi connectivity index (χ0) is 9.26. The Morgan fingerprint density at radius 3 is 2.38 bits per heavy atom. The number of hydrogen-bond donors (Lipinski definition) is 0. The maximum atomic E-state index is 4.35. The van der Waals surface area contributed by atoms with Crippen molar-refractivity contribution in [2.24, 2.45) is 10.9 Å². The smallest absolute Gasteiger partial charge is 0.0448 e. The second kappa shape index (κ2) is 3.62. The minimum absolute atomic E-state index is 0.728. The van der Waals surface area contributed by atoms with Crippen LogP contribution >= 0.6 is 15.9 Å². The van der Waals surface area contributed by atoms with Gasteiger partial charge in [0, 0.05) is 23.1 Å². The van der Waals surface area contributed by atoms with Gasteiger partial charge >= 0.3 is 0 Å². The molecule has 1 aliphatic rings. The average Bonchev–Trinajstić information content (AvgIpc) is 2.93. The zero-order valence-electron chi connectivity index (χ0n) is 7.63. The predicted octanol–water partition coefficient (Wildman–Crippen LogP) is 3.28. The first kappa shape index (κ1) is 8.95. The molecule has 68 valence electrons. The molecule has 0 radical (unpaired) electrons. The number of nitrogens with zero attached hydrogens (tertiary/aromatic N) is 1. The van der Waals surface area contributed by atoms with Gasteiger partial charge in [0.2, 0.25) is 0 Å². The Morgan fingerprint density at radius 1 is 1.31 bits per heavy atom. The van der Waals surface area contributed by atoms with Crippen LogP contribution in [0, 0.1) is 5.92 Å². The van der Waals surface area contributed by atoms with Gasteiger partial charge < -0.3 is 0 Å². The quantitative estimate of drug-likeness (QED) is 0.701. The van der Waals surface area contributed by atoms with Gasteiger partial charge in [0.25, 0.3) is 0 Å². The Balaban J connectivity index is 2.28. The third-order valence-corrected chi connectivity index (χ3v) is 2.87. The van der Waals surface area contributed by atoms with Crippen LogP contribution in [0.15, 0.2) is 33.7 Å². The predicted molar refractivity (Wildman–Crippen MR) is 59.3 cm³/mol. The summed E-state index contributed by atoms with van der Waals surface area (Å²) in [5, 5.41) is 0. The summed E-state index contributed by atoms with van der Waals surface area (Å²) in [5.74, 6) is 0.728. The maximum Gasteiger partial charge on any atom is 0.0448 e. The zero-order valence-corrected chi connectivity index (χ0v) is 9.21. The van der Waals surface area contributed by atoms with Crippen LogP contribution in [0.25, 0.3) is 0 Å². The first-order chi connectivity index (χ1) is 6.31. The molecular formula is C11H12BrN. The van der Waals surface area contributed by atoms with E-state index in [2.05, 4.69) is 45.2 Å². The van der Waals surface area contributed by atoms with E-state index in [0.717, 1.165) is 10.4 Å². The van der Waals surface area contributed by atoms with Crippen molar-refractivity contribution in [3.63, 3.8) is 0 Å². The number of benzene rings is 1. The van der Waals surface area contributed by atoms with Gasteiger partial charge in [-0.1, -0.05) is 28.1 Å². The highest BCUT2D eigenvalue weighted by atomic mass is 79.9. The van der Waals surface area contributed by atoms with E-state index >= 15 is 0 Å². The minimum atomic E-state index is 0.728. The fourth-order valence-corrected chi connectivity index (χ4v) is 1.79. The normalized spacial score (nSPS) is 17.5. The standard InChI is InChI=1S/C11H12BrN/c1-13-11(8-2-3-8)9-4-6-10(12)7-5-9/h4-8H,2-3H2,1H3. The summed E-state index contributed by atoms with van der Waals surface area (Å²) >= 11 is 3.43. The summed E-state index contributed by atoms with van der Waals surface area (Å²) in [7, 11) is 1.88. The second-order valence-corrected chi connectivity index (χ2v) is 4.31. The van der Waals surface area contributed by atoms with E-state index in [1.165, 1.54) is 24.1 Å². The van der Waals surface area contributed by atoms with Crippen molar-refractivity contribution in [1.82, 2.24) is 0 Å². The molecule has 1 aliphatic carbocycles. The largest absolute Gasteiger partial charge is 0.292 e. The van der Waals surface area contributed by atoms with E-state index in [4.69, 9.17) is 0 Å². The molecule has 1 aromatic carbocycles. The molecule has 1 fully saturated rings. The van der Waals surface area contributed by atoms with Crippen LogP contribution in [0.3, 0.4) is 0 Å². The Bertz CT molecular complexity index is 322. The van der Waals surface area contributed by atoms with Gasteiger partial charge in [-0.05, 0) is 30.5 Å². The van der Waals surface area contributed by atoms with E-state index in [0.29, 0.717) is 0 Å². The molecule has 1 aromatic rings. The third kappa shape index (κ3) is 1.99. The van der Waals surface area contributed by atoms with Crippen LogP contribution in [0.4, 0.5) is 0 Å². The minimum Gasteiger partial charge on any atom is -0.292 e. The van der Waals surface area contributed by atoms with Crippen molar-refractivity contribution in [3.8, 4) is 0 Å². The molecule has 0 heterocycles. The molecule has 1 nitrogen and oxygen atoms in total. The highest BCUT2D eigenvalue weighted by Gasteiger charge is 2.27. The lowest BCUT2D eigenvalue weighted by atomic mass is 10.1. The summed E-state index contributed by atoms with van der Waals surface area (Å²) in [6.07, 6.45) is 2.62. The van der Waals surface area contributed by atoms with E-state index < -0.39 is 0 Å². The average molecular weight is 238 g/mol. The molecule has 0 aromatic heterocycles. The maximum absolute atomic E-state index is 4.35. The van der Waals surface area contributed by atoms with Gasteiger partial charge in [-0.25, -0.2) is 0 Å². The van der Waals surface area contributed by atoms with Crippen molar-refractivity contribution >= 4 is 21.6 Å². The van der Waals surface area contributed by atoms with E-state index in [1.807, 2.05) is 7.05 Å². The summed E-state index contributed by atoms with van der Waals surface area (Å²) in [5.41, 5.74) is 2.54. The van der Waals surface area contributed by atoms with Gasteiger partial charge in [0.05, 0.1) is 0 Å². The van der Waals surface area contributed by atoms with Gasteiger partial charge in [-0.2, -0.15) is 0 Å². The summed E-state index contributed by atoms with van der Waals surface area (Å²) in [4.78, 5) is 4.35. The van der Waals surface area contributed by atoms with Crippen LogP contribution in [-0.4, -0.2) is 12.8 Å². The Morgan fingerprint density at radius 2 is 1.92 bits per heavy atom. The Labute approximate surface area is 87.0 Å². The third-order valence-electron chi connectivity index (χ3n) is 2.34. The number of hydrogen-bond acceptors (Lipinski definition) is 1. The van der Waals surface area contributed by atoms with Crippen LogP contribution in [0.5, 0.6) is 0 Å². The van der Waals surface area contributed by atoms with Crippen LogP contribution < -0.4 is 0 Å². The monoisotopic (exact) mass is 237 g/mol. The van der Waals surface area contributed by atoms with Crippen molar-refractivity contribution in [1.29, 1.82) is 0 Å². The molecule has 0 atom stereocenters. The molecule has 2 heteroatoms. The number of aliphatic imine (C=N–C) groups is 1. The van der Waals surface area contributed by atoms with E-state index in [9.17, 15) is 0 Å². The summed E-state index contributed by atoms with van der Waals surface area (Å²) in [6, 6.07) is 8.40. The first-order valence-corrected chi connectivity index (χ1v) is 5.33. The molecule has 2 rings (SSSR count). The molecule has 0 bridgehead atoms. The SMILES string of the molecule is CN=C(c1ccc(Br)cc1)C1CC1. The van der Waals surface area contributed by atoms with Gasteiger partial charge in [-0.3, -0.25) is 4.99 Å². The van der Waals surface area contributed by atoms with Crippen molar-refractivity contribution in [2.45, 2.75) is 12.8 Å². The lowest BCUT2D eigenvalue weighted by Gasteiger charge is -2.03. The van der Waals surface area contributed by atoms with Crippen molar-refractivity contribution < 1.29 is 0 Å². The molecule has 0 aliphatic heterocycles. The molecule has 0 unspecified atom stereocenters. The van der Waals surface area contributed by atoms with Crippen molar-refractivity contribution in [3.05, 3.63) is 34.3 Å². The summed E-state index contributed by atoms with van der Waals surface area (Å²) in [6.45, 7) is 0. The fraction of sp³-hybridized carbons (Fsp3) is 0.364. The lowest BCUT2D eigenvalue weighted by Crippen LogP contribution is -2.02. The Hall–Kier alpha value is -0.630. The van der Waals surface area contributed by atoms with Crippen LogP contribution in [0.2, 0.25) is 0 Å². The van der Waals surface area contributed by atoms with Crippen LogP contribution in [-0.2, 0) is 0 Å². The number of halogens is 1.